The van der Waals surface area contributed by atoms with Gasteiger partial charge in [-0.2, -0.15) is 0 Å². The maximum atomic E-state index is 10.8. The molecule has 1 fully saturated rings. The molecule has 19 heavy (non-hydrogen) atoms. The Kier molecular flexibility index (Phi) is 3.83. The summed E-state index contributed by atoms with van der Waals surface area (Å²) in [6.45, 7) is 2.16. The average molecular weight is 327 g/mol. The number of ether oxygens (including phenoxy) is 2. The minimum absolute atomic E-state index is 0.646. The Balaban J connectivity index is 1.86. The van der Waals surface area contributed by atoms with Gasteiger partial charge in [0.25, 0.3) is 0 Å². The zero-order chi connectivity index (χ0) is 13.3. The van der Waals surface area contributed by atoms with Gasteiger partial charge in [-0.25, -0.2) is 0 Å². The van der Waals surface area contributed by atoms with Crippen LogP contribution in [0.2, 0.25) is 0 Å². The van der Waals surface area contributed by atoms with Crippen molar-refractivity contribution in [3.63, 3.8) is 0 Å². The summed E-state index contributed by atoms with van der Waals surface area (Å²) in [4.78, 5) is 0. The molecule has 2 aliphatic rings. The molecule has 4 heteroatoms. The summed E-state index contributed by atoms with van der Waals surface area (Å²) in [6, 6.07) is 4.19. The summed E-state index contributed by atoms with van der Waals surface area (Å²) in [6.07, 6.45) is 4.04. The predicted octanol–water partition coefficient (Wildman–Crippen LogP) is 2.86. The van der Waals surface area contributed by atoms with Gasteiger partial charge in [-0.15, -0.1) is 0 Å². The molecule has 1 aromatic rings. The second-order valence-electron chi connectivity index (χ2n) is 5.52. The van der Waals surface area contributed by atoms with Crippen molar-refractivity contribution in [3.05, 3.63) is 27.7 Å². The SMILES string of the molecule is OC1(Cc2cc(Br)cc3c2OCC3)CCCOCC1. The van der Waals surface area contributed by atoms with Crippen LogP contribution in [0.25, 0.3) is 0 Å². The molecule has 104 valence electrons. The molecule has 0 bridgehead atoms. The van der Waals surface area contributed by atoms with Crippen molar-refractivity contribution >= 4 is 15.9 Å². The summed E-state index contributed by atoms with van der Waals surface area (Å²) in [5.74, 6) is 0.988. The average Bonchev–Trinajstić information content (AvgIpc) is 2.72. The van der Waals surface area contributed by atoms with E-state index in [0.717, 1.165) is 48.3 Å². The first-order valence-electron chi connectivity index (χ1n) is 6.91. The van der Waals surface area contributed by atoms with Crippen molar-refractivity contribution in [2.45, 2.75) is 37.7 Å². The quantitative estimate of drug-likeness (QED) is 0.908. The van der Waals surface area contributed by atoms with Gasteiger partial charge < -0.3 is 14.6 Å². The van der Waals surface area contributed by atoms with Crippen LogP contribution in [0.1, 0.15) is 30.4 Å². The summed E-state index contributed by atoms with van der Waals surface area (Å²) in [5.41, 5.74) is 1.71. The highest BCUT2D eigenvalue weighted by Gasteiger charge is 2.31. The Hall–Kier alpha value is -0.580. The normalized spacial score (nSPS) is 26.6. The zero-order valence-electron chi connectivity index (χ0n) is 11.0. The number of fused-ring (bicyclic) bond motifs is 1. The van der Waals surface area contributed by atoms with Crippen LogP contribution in [-0.4, -0.2) is 30.5 Å². The van der Waals surface area contributed by atoms with Crippen LogP contribution < -0.4 is 4.74 Å². The fraction of sp³-hybridized carbons (Fsp3) is 0.600. The van der Waals surface area contributed by atoms with Gasteiger partial charge in [-0.05, 0) is 42.5 Å². The van der Waals surface area contributed by atoms with E-state index >= 15 is 0 Å². The third kappa shape index (κ3) is 2.96. The molecule has 0 saturated carbocycles. The summed E-state index contributed by atoms with van der Waals surface area (Å²) in [5, 5.41) is 10.8. The van der Waals surface area contributed by atoms with Crippen molar-refractivity contribution < 1.29 is 14.6 Å². The molecule has 2 heterocycles. The Morgan fingerprint density at radius 1 is 1.21 bits per heavy atom. The number of hydrogen-bond acceptors (Lipinski definition) is 3. The minimum Gasteiger partial charge on any atom is -0.493 e. The first kappa shape index (κ1) is 13.4. The van der Waals surface area contributed by atoms with Gasteiger partial charge in [0.05, 0.1) is 12.2 Å². The van der Waals surface area contributed by atoms with Gasteiger partial charge >= 0.3 is 0 Å². The molecule has 0 radical (unpaired) electrons. The Morgan fingerprint density at radius 2 is 2.11 bits per heavy atom. The lowest BCUT2D eigenvalue weighted by atomic mass is 9.87. The van der Waals surface area contributed by atoms with Crippen LogP contribution in [0, 0.1) is 0 Å². The molecule has 0 aliphatic carbocycles. The smallest absolute Gasteiger partial charge is 0.125 e. The molecular formula is C15H19BrO3. The largest absolute Gasteiger partial charge is 0.493 e. The molecule has 1 aromatic carbocycles. The van der Waals surface area contributed by atoms with Crippen LogP contribution in [0.4, 0.5) is 0 Å². The number of benzene rings is 1. The highest BCUT2D eigenvalue weighted by molar-refractivity contribution is 9.10. The van der Waals surface area contributed by atoms with Crippen LogP contribution in [0.15, 0.2) is 16.6 Å². The maximum absolute atomic E-state index is 10.8. The van der Waals surface area contributed by atoms with E-state index in [1.165, 1.54) is 5.56 Å². The van der Waals surface area contributed by atoms with Gasteiger partial charge in [0.1, 0.15) is 5.75 Å². The Labute approximate surface area is 122 Å². The third-order valence-corrected chi connectivity index (χ3v) is 4.45. The van der Waals surface area contributed by atoms with Gasteiger partial charge in [-0.1, -0.05) is 15.9 Å². The molecule has 1 saturated heterocycles. The van der Waals surface area contributed by atoms with Crippen molar-refractivity contribution in [1.82, 2.24) is 0 Å². The highest BCUT2D eigenvalue weighted by Crippen LogP contribution is 2.36. The highest BCUT2D eigenvalue weighted by atomic mass is 79.9. The van der Waals surface area contributed by atoms with Gasteiger partial charge in [0.15, 0.2) is 0 Å². The summed E-state index contributed by atoms with van der Waals surface area (Å²) < 4.78 is 12.3. The lowest BCUT2D eigenvalue weighted by molar-refractivity contribution is 0.0184. The van der Waals surface area contributed by atoms with Gasteiger partial charge in [0, 0.05) is 30.5 Å². The van der Waals surface area contributed by atoms with Crippen LogP contribution in [0.5, 0.6) is 5.75 Å². The number of halogens is 1. The first-order valence-corrected chi connectivity index (χ1v) is 7.70. The van der Waals surface area contributed by atoms with Crippen LogP contribution >= 0.6 is 15.9 Å². The summed E-state index contributed by atoms with van der Waals surface area (Å²) >= 11 is 3.55. The topological polar surface area (TPSA) is 38.7 Å². The molecule has 0 aromatic heterocycles. The molecule has 3 nitrogen and oxygen atoms in total. The van der Waals surface area contributed by atoms with Crippen molar-refractivity contribution in [3.8, 4) is 5.75 Å². The first-order chi connectivity index (χ1) is 9.16. The Morgan fingerprint density at radius 3 is 3.00 bits per heavy atom. The fourth-order valence-corrected chi connectivity index (χ4v) is 3.55. The monoisotopic (exact) mass is 326 g/mol. The fourth-order valence-electron chi connectivity index (χ4n) is 3.00. The van der Waals surface area contributed by atoms with E-state index in [1.807, 2.05) is 0 Å². The van der Waals surface area contributed by atoms with Crippen LogP contribution in [-0.2, 0) is 17.6 Å². The maximum Gasteiger partial charge on any atom is 0.125 e. The number of aliphatic hydroxyl groups is 1. The zero-order valence-corrected chi connectivity index (χ0v) is 12.5. The van der Waals surface area contributed by atoms with Crippen LogP contribution in [0.3, 0.4) is 0 Å². The molecule has 1 unspecified atom stereocenters. The van der Waals surface area contributed by atoms with E-state index in [2.05, 4.69) is 28.1 Å². The molecule has 0 amide bonds. The lowest BCUT2D eigenvalue weighted by Gasteiger charge is -2.27. The van der Waals surface area contributed by atoms with E-state index < -0.39 is 5.60 Å². The standard InChI is InChI=1S/C15H19BrO3/c16-13-8-11-2-6-19-14(11)12(9-13)10-15(17)3-1-5-18-7-4-15/h8-9,17H,1-7,10H2. The molecule has 2 aliphatic heterocycles. The van der Waals surface area contributed by atoms with Crippen molar-refractivity contribution in [2.75, 3.05) is 19.8 Å². The number of rotatable bonds is 2. The predicted molar refractivity (Wildman–Crippen MR) is 76.7 cm³/mol. The minimum atomic E-state index is -0.656. The van der Waals surface area contributed by atoms with E-state index in [-0.39, 0.29) is 0 Å². The molecule has 3 rings (SSSR count). The van der Waals surface area contributed by atoms with Gasteiger partial charge in [-0.3, -0.25) is 0 Å². The lowest BCUT2D eigenvalue weighted by Crippen LogP contribution is -2.31. The molecule has 1 N–H and O–H groups in total. The van der Waals surface area contributed by atoms with E-state index in [4.69, 9.17) is 9.47 Å². The molecule has 1 atom stereocenters. The third-order valence-electron chi connectivity index (χ3n) is 3.99. The molecule has 0 spiro atoms. The van der Waals surface area contributed by atoms with Gasteiger partial charge in [0.2, 0.25) is 0 Å². The Bertz CT molecular complexity index is 465. The van der Waals surface area contributed by atoms with Crippen molar-refractivity contribution in [1.29, 1.82) is 0 Å². The van der Waals surface area contributed by atoms with E-state index in [1.54, 1.807) is 0 Å². The number of hydrogen-bond donors (Lipinski definition) is 1. The second-order valence-corrected chi connectivity index (χ2v) is 6.43. The molecular weight excluding hydrogens is 308 g/mol. The second kappa shape index (κ2) is 5.43. The van der Waals surface area contributed by atoms with E-state index in [9.17, 15) is 5.11 Å². The summed E-state index contributed by atoms with van der Waals surface area (Å²) in [7, 11) is 0. The van der Waals surface area contributed by atoms with Crippen molar-refractivity contribution in [2.24, 2.45) is 0 Å². The van der Waals surface area contributed by atoms with E-state index in [0.29, 0.717) is 19.4 Å².